The minimum absolute atomic E-state index is 0.301. The second-order valence-corrected chi connectivity index (χ2v) is 4.03. The number of hydrogen-bond acceptors (Lipinski definition) is 4. The molecule has 0 amide bonds. The number of hydrogen-bond donors (Lipinski definition) is 1. The smallest absolute Gasteiger partial charge is 0.137 e. The standard InChI is InChI=1S/C10H16ClN3O/c1-7(15)4-5-14(3)10-8(2)9(11)12-6-13-10/h6-7,15H,4-5H2,1-3H3. The molecule has 1 aromatic rings. The van der Waals surface area contributed by atoms with Crippen LogP contribution in [0.3, 0.4) is 0 Å². The van der Waals surface area contributed by atoms with Gasteiger partial charge in [0.25, 0.3) is 0 Å². The Kier molecular flexibility index (Phi) is 4.29. The third-order valence-electron chi connectivity index (χ3n) is 2.24. The molecule has 0 aliphatic carbocycles. The molecule has 0 saturated heterocycles. The van der Waals surface area contributed by atoms with Crippen molar-refractivity contribution in [3.8, 4) is 0 Å². The van der Waals surface area contributed by atoms with Crippen molar-refractivity contribution in [3.63, 3.8) is 0 Å². The quantitative estimate of drug-likeness (QED) is 0.798. The van der Waals surface area contributed by atoms with Gasteiger partial charge in [-0.3, -0.25) is 0 Å². The van der Waals surface area contributed by atoms with Crippen LogP contribution in [0.25, 0.3) is 0 Å². The Balaban J connectivity index is 2.73. The van der Waals surface area contributed by atoms with Crippen molar-refractivity contribution in [2.75, 3.05) is 18.5 Å². The van der Waals surface area contributed by atoms with Gasteiger partial charge in [0, 0.05) is 19.2 Å². The molecule has 1 heterocycles. The van der Waals surface area contributed by atoms with Gasteiger partial charge in [0.1, 0.15) is 17.3 Å². The molecule has 1 unspecified atom stereocenters. The number of aliphatic hydroxyl groups is 1. The summed E-state index contributed by atoms with van der Waals surface area (Å²) in [7, 11) is 1.92. The van der Waals surface area contributed by atoms with Crippen molar-refractivity contribution in [3.05, 3.63) is 17.0 Å². The highest BCUT2D eigenvalue weighted by molar-refractivity contribution is 6.30. The Labute approximate surface area is 94.9 Å². The summed E-state index contributed by atoms with van der Waals surface area (Å²) in [6.45, 7) is 4.40. The van der Waals surface area contributed by atoms with Gasteiger partial charge in [-0.1, -0.05) is 11.6 Å². The van der Waals surface area contributed by atoms with Gasteiger partial charge in [0.2, 0.25) is 0 Å². The monoisotopic (exact) mass is 229 g/mol. The van der Waals surface area contributed by atoms with Gasteiger partial charge in [-0.05, 0) is 20.3 Å². The third kappa shape index (κ3) is 3.32. The summed E-state index contributed by atoms with van der Waals surface area (Å²) in [6, 6.07) is 0. The summed E-state index contributed by atoms with van der Waals surface area (Å²) in [4.78, 5) is 10.0. The normalized spacial score (nSPS) is 12.6. The number of rotatable bonds is 4. The first-order valence-electron chi connectivity index (χ1n) is 4.88. The number of nitrogens with zero attached hydrogens (tertiary/aromatic N) is 3. The number of anilines is 1. The molecular weight excluding hydrogens is 214 g/mol. The second-order valence-electron chi connectivity index (χ2n) is 3.67. The molecule has 15 heavy (non-hydrogen) atoms. The van der Waals surface area contributed by atoms with Crippen LogP contribution in [0.1, 0.15) is 18.9 Å². The number of halogens is 1. The Morgan fingerprint density at radius 2 is 2.20 bits per heavy atom. The SMILES string of the molecule is Cc1c(Cl)ncnc1N(C)CCC(C)O. The van der Waals surface area contributed by atoms with E-state index in [0.29, 0.717) is 11.6 Å². The number of aliphatic hydroxyl groups excluding tert-OH is 1. The lowest BCUT2D eigenvalue weighted by Gasteiger charge is -2.20. The Morgan fingerprint density at radius 1 is 1.53 bits per heavy atom. The molecule has 0 saturated carbocycles. The molecule has 0 bridgehead atoms. The van der Waals surface area contributed by atoms with E-state index in [2.05, 4.69) is 9.97 Å². The maximum absolute atomic E-state index is 9.19. The van der Waals surface area contributed by atoms with Crippen LogP contribution in [0.2, 0.25) is 5.15 Å². The molecule has 1 N–H and O–H groups in total. The van der Waals surface area contributed by atoms with Crippen LogP contribution in [0.15, 0.2) is 6.33 Å². The lowest BCUT2D eigenvalue weighted by Crippen LogP contribution is -2.23. The zero-order chi connectivity index (χ0) is 11.4. The molecule has 5 heteroatoms. The molecule has 84 valence electrons. The fourth-order valence-electron chi connectivity index (χ4n) is 1.29. The lowest BCUT2D eigenvalue weighted by atomic mass is 10.2. The van der Waals surface area contributed by atoms with Crippen LogP contribution in [0, 0.1) is 6.92 Å². The van der Waals surface area contributed by atoms with Gasteiger partial charge in [-0.15, -0.1) is 0 Å². The zero-order valence-electron chi connectivity index (χ0n) is 9.24. The van der Waals surface area contributed by atoms with E-state index < -0.39 is 0 Å². The third-order valence-corrected chi connectivity index (χ3v) is 2.62. The van der Waals surface area contributed by atoms with Gasteiger partial charge in [0.05, 0.1) is 6.10 Å². The largest absolute Gasteiger partial charge is 0.393 e. The summed E-state index contributed by atoms with van der Waals surface area (Å²) in [5.41, 5.74) is 0.868. The van der Waals surface area contributed by atoms with Crippen LogP contribution in [0.5, 0.6) is 0 Å². The summed E-state index contributed by atoms with van der Waals surface area (Å²) in [5, 5.41) is 9.66. The highest BCUT2D eigenvalue weighted by Crippen LogP contribution is 2.20. The van der Waals surface area contributed by atoms with Crippen molar-refractivity contribution in [2.45, 2.75) is 26.4 Å². The molecule has 0 radical (unpaired) electrons. The van der Waals surface area contributed by atoms with Gasteiger partial charge < -0.3 is 10.0 Å². The molecule has 0 aromatic carbocycles. The highest BCUT2D eigenvalue weighted by atomic mass is 35.5. The van der Waals surface area contributed by atoms with Crippen molar-refractivity contribution >= 4 is 17.4 Å². The number of aromatic nitrogens is 2. The first-order valence-corrected chi connectivity index (χ1v) is 5.26. The average Bonchev–Trinajstić information content (AvgIpc) is 2.18. The molecular formula is C10H16ClN3O. The first-order chi connectivity index (χ1) is 7.02. The molecule has 0 spiro atoms. The van der Waals surface area contributed by atoms with Gasteiger partial charge in [-0.25, -0.2) is 9.97 Å². The Bertz CT molecular complexity index is 330. The van der Waals surface area contributed by atoms with Crippen molar-refractivity contribution in [2.24, 2.45) is 0 Å². The summed E-state index contributed by atoms with van der Waals surface area (Å²) < 4.78 is 0. The van der Waals surface area contributed by atoms with E-state index in [0.717, 1.165) is 17.9 Å². The topological polar surface area (TPSA) is 49.2 Å². The molecule has 0 aliphatic rings. The predicted molar refractivity (Wildman–Crippen MR) is 61.3 cm³/mol. The van der Waals surface area contributed by atoms with E-state index in [-0.39, 0.29) is 6.10 Å². The van der Waals surface area contributed by atoms with Crippen LogP contribution < -0.4 is 4.90 Å². The van der Waals surface area contributed by atoms with Crippen molar-refractivity contribution in [1.29, 1.82) is 0 Å². The van der Waals surface area contributed by atoms with Crippen molar-refractivity contribution in [1.82, 2.24) is 9.97 Å². The van der Waals surface area contributed by atoms with E-state index >= 15 is 0 Å². The van der Waals surface area contributed by atoms with E-state index in [4.69, 9.17) is 11.6 Å². The fourth-order valence-corrected chi connectivity index (χ4v) is 1.42. The van der Waals surface area contributed by atoms with E-state index in [1.165, 1.54) is 6.33 Å². The Morgan fingerprint density at radius 3 is 2.80 bits per heavy atom. The predicted octanol–water partition coefficient (Wildman–Crippen LogP) is 1.65. The highest BCUT2D eigenvalue weighted by Gasteiger charge is 2.10. The minimum atomic E-state index is -0.301. The minimum Gasteiger partial charge on any atom is -0.393 e. The zero-order valence-corrected chi connectivity index (χ0v) is 9.99. The molecule has 0 aliphatic heterocycles. The molecule has 0 fully saturated rings. The van der Waals surface area contributed by atoms with E-state index in [1.54, 1.807) is 6.92 Å². The Hall–Kier alpha value is -0.870. The van der Waals surface area contributed by atoms with E-state index in [1.807, 2.05) is 18.9 Å². The summed E-state index contributed by atoms with van der Waals surface area (Å²) >= 11 is 5.89. The molecule has 4 nitrogen and oxygen atoms in total. The van der Waals surface area contributed by atoms with Crippen LogP contribution in [-0.2, 0) is 0 Å². The van der Waals surface area contributed by atoms with Gasteiger partial charge in [-0.2, -0.15) is 0 Å². The average molecular weight is 230 g/mol. The summed E-state index contributed by atoms with van der Waals surface area (Å²) in [5.74, 6) is 0.815. The van der Waals surface area contributed by atoms with E-state index in [9.17, 15) is 5.11 Å². The maximum Gasteiger partial charge on any atom is 0.137 e. The van der Waals surface area contributed by atoms with Gasteiger partial charge in [0.15, 0.2) is 0 Å². The van der Waals surface area contributed by atoms with Gasteiger partial charge >= 0.3 is 0 Å². The molecule has 1 atom stereocenters. The van der Waals surface area contributed by atoms with Crippen LogP contribution in [0.4, 0.5) is 5.82 Å². The first kappa shape index (κ1) is 12.2. The maximum atomic E-state index is 9.19. The van der Waals surface area contributed by atoms with Crippen LogP contribution in [-0.4, -0.2) is 34.8 Å². The lowest BCUT2D eigenvalue weighted by molar-refractivity contribution is 0.187. The fraction of sp³-hybridized carbons (Fsp3) is 0.600. The molecule has 1 rings (SSSR count). The summed E-state index contributed by atoms with van der Waals surface area (Å²) in [6.07, 6.45) is 1.85. The molecule has 1 aromatic heterocycles. The second kappa shape index (κ2) is 5.28. The van der Waals surface area contributed by atoms with Crippen LogP contribution >= 0.6 is 11.6 Å². The van der Waals surface area contributed by atoms with Crippen molar-refractivity contribution < 1.29 is 5.11 Å².